The highest BCUT2D eigenvalue weighted by molar-refractivity contribution is 5.98. The number of amides is 2. The van der Waals surface area contributed by atoms with Crippen molar-refractivity contribution in [2.24, 2.45) is 0 Å². The van der Waals surface area contributed by atoms with Gasteiger partial charge < -0.3 is 15.0 Å². The van der Waals surface area contributed by atoms with Gasteiger partial charge in [-0.15, -0.1) is 0 Å². The average molecular weight is 380 g/mol. The van der Waals surface area contributed by atoms with E-state index in [0.717, 1.165) is 28.8 Å². The first-order valence-corrected chi connectivity index (χ1v) is 9.24. The average Bonchev–Trinajstić information content (AvgIpc) is 3.11. The third kappa shape index (κ3) is 4.22. The highest BCUT2D eigenvalue weighted by Gasteiger charge is 2.24. The Bertz CT molecular complexity index is 905. The molecular formula is C22H24N2O4. The summed E-state index contributed by atoms with van der Waals surface area (Å²) >= 11 is 0. The van der Waals surface area contributed by atoms with Crippen LogP contribution >= 0.6 is 0 Å². The Morgan fingerprint density at radius 1 is 1.14 bits per heavy atom. The number of hydrogen-bond donors (Lipinski definition) is 1. The molecule has 0 aromatic heterocycles. The van der Waals surface area contributed by atoms with Gasteiger partial charge in [0.2, 0.25) is 5.91 Å². The van der Waals surface area contributed by atoms with Gasteiger partial charge in [-0.3, -0.25) is 14.4 Å². The number of fused-ring (bicyclic) bond motifs is 1. The molecule has 1 aliphatic heterocycles. The molecule has 146 valence electrons. The monoisotopic (exact) mass is 380 g/mol. The predicted octanol–water partition coefficient (Wildman–Crippen LogP) is 2.94. The van der Waals surface area contributed by atoms with Crippen molar-refractivity contribution in [3.63, 3.8) is 0 Å². The molecule has 0 spiro atoms. The van der Waals surface area contributed by atoms with Crippen LogP contribution in [0.25, 0.3) is 0 Å². The van der Waals surface area contributed by atoms with Crippen molar-refractivity contribution in [2.45, 2.75) is 32.7 Å². The molecule has 2 aromatic rings. The number of hydrogen-bond acceptors (Lipinski definition) is 4. The van der Waals surface area contributed by atoms with E-state index in [1.54, 1.807) is 17.0 Å². The number of nitrogens with one attached hydrogen (secondary N) is 1. The van der Waals surface area contributed by atoms with Gasteiger partial charge in [0.05, 0.1) is 19.6 Å². The Morgan fingerprint density at radius 3 is 2.50 bits per heavy atom. The van der Waals surface area contributed by atoms with Gasteiger partial charge >= 0.3 is 5.97 Å². The Morgan fingerprint density at radius 2 is 1.86 bits per heavy atom. The van der Waals surface area contributed by atoms with Gasteiger partial charge in [0.15, 0.2) is 0 Å². The van der Waals surface area contributed by atoms with Crippen LogP contribution in [0.1, 0.15) is 46.4 Å². The van der Waals surface area contributed by atoms with Crippen molar-refractivity contribution in [3.05, 3.63) is 64.7 Å². The zero-order valence-corrected chi connectivity index (χ0v) is 16.3. The van der Waals surface area contributed by atoms with Crippen LogP contribution in [0.3, 0.4) is 0 Å². The molecule has 0 saturated carbocycles. The first-order valence-electron chi connectivity index (χ1n) is 9.24. The molecule has 2 amide bonds. The highest BCUT2D eigenvalue weighted by Crippen LogP contribution is 2.29. The number of methoxy groups -OCH3 is 1. The summed E-state index contributed by atoms with van der Waals surface area (Å²) in [4.78, 5) is 38.1. The maximum atomic E-state index is 12.8. The summed E-state index contributed by atoms with van der Waals surface area (Å²) in [5, 5.41) is 2.94. The zero-order valence-electron chi connectivity index (χ0n) is 16.3. The first-order chi connectivity index (χ1) is 13.4. The van der Waals surface area contributed by atoms with E-state index in [2.05, 4.69) is 5.32 Å². The summed E-state index contributed by atoms with van der Waals surface area (Å²) in [5.41, 5.74) is 4.27. The predicted molar refractivity (Wildman–Crippen MR) is 106 cm³/mol. The molecule has 2 aromatic carbocycles. The molecule has 1 aliphatic rings. The molecule has 0 saturated heterocycles. The third-order valence-corrected chi connectivity index (χ3v) is 5.00. The lowest BCUT2D eigenvalue weighted by Crippen LogP contribution is -2.30. The maximum absolute atomic E-state index is 12.8. The van der Waals surface area contributed by atoms with Gasteiger partial charge in [0, 0.05) is 24.7 Å². The van der Waals surface area contributed by atoms with Crippen molar-refractivity contribution >= 4 is 23.5 Å². The minimum absolute atomic E-state index is 0.00605. The number of esters is 1. The number of anilines is 1. The number of carbonyl (C=O) groups is 3. The van der Waals surface area contributed by atoms with E-state index in [-0.39, 0.29) is 18.2 Å². The van der Waals surface area contributed by atoms with Crippen LogP contribution < -0.4 is 10.2 Å². The Hall–Kier alpha value is -3.15. The van der Waals surface area contributed by atoms with Crippen molar-refractivity contribution in [1.29, 1.82) is 0 Å². The summed E-state index contributed by atoms with van der Waals surface area (Å²) in [7, 11) is 1.33. The minimum atomic E-state index is -0.484. The van der Waals surface area contributed by atoms with Crippen LogP contribution in [0.15, 0.2) is 42.5 Å². The largest absolute Gasteiger partial charge is 0.469 e. The zero-order chi connectivity index (χ0) is 20.3. The third-order valence-electron chi connectivity index (χ3n) is 5.00. The van der Waals surface area contributed by atoms with Gasteiger partial charge in [0.1, 0.15) is 0 Å². The number of ether oxygens (including phenoxy) is 1. The van der Waals surface area contributed by atoms with E-state index in [9.17, 15) is 14.4 Å². The molecule has 6 heteroatoms. The van der Waals surface area contributed by atoms with E-state index in [4.69, 9.17) is 4.74 Å². The molecule has 0 fully saturated rings. The summed E-state index contributed by atoms with van der Waals surface area (Å²) < 4.78 is 4.78. The maximum Gasteiger partial charge on any atom is 0.307 e. The SMILES string of the molecule is COC(=O)C[C@H](NC(=O)c1ccc2c(c1)CCN2C(C)=O)c1ccc(C)cc1. The number of benzene rings is 2. The van der Waals surface area contributed by atoms with Crippen LogP contribution in [0.5, 0.6) is 0 Å². The van der Waals surface area contributed by atoms with E-state index < -0.39 is 12.0 Å². The molecule has 0 bridgehead atoms. The van der Waals surface area contributed by atoms with E-state index in [1.807, 2.05) is 37.3 Å². The van der Waals surface area contributed by atoms with Crippen molar-refractivity contribution in [2.75, 3.05) is 18.6 Å². The second kappa shape index (κ2) is 8.25. The smallest absolute Gasteiger partial charge is 0.307 e. The molecule has 0 aliphatic carbocycles. The standard InChI is InChI=1S/C22H24N2O4/c1-14-4-6-16(7-5-14)19(13-21(26)28-3)23-22(27)18-8-9-20-17(12-18)10-11-24(20)15(2)25/h4-9,12,19H,10-11,13H2,1-3H3,(H,23,27)/t19-/m0/s1. The Kier molecular flexibility index (Phi) is 5.78. The molecule has 0 unspecified atom stereocenters. The minimum Gasteiger partial charge on any atom is -0.469 e. The second-order valence-corrected chi connectivity index (χ2v) is 6.98. The molecule has 28 heavy (non-hydrogen) atoms. The van der Waals surface area contributed by atoms with Gasteiger partial charge in [-0.2, -0.15) is 0 Å². The molecule has 1 atom stereocenters. The quantitative estimate of drug-likeness (QED) is 0.810. The normalized spacial score (nSPS) is 13.6. The lowest BCUT2D eigenvalue weighted by molar-refractivity contribution is -0.141. The van der Waals surface area contributed by atoms with Gasteiger partial charge in [0.25, 0.3) is 5.91 Å². The van der Waals surface area contributed by atoms with Gasteiger partial charge in [-0.25, -0.2) is 0 Å². The van der Waals surface area contributed by atoms with Crippen LogP contribution in [0, 0.1) is 6.92 Å². The number of nitrogens with zero attached hydrogens (tertiary/aromatic N) is 1. The van der Waals surface area contributed by atoms with Crippen molar-refractivity contribution in [3.8, 4) is 0 Å². The van der Waals surface area contributed by atoms with Gasteiger partial charge in [-0.05, 0) is 42.7 Å². The Balaban J connectivity index is 1.81. The molecule has 0 radical (unpaired) electrons. The van der Waals surface area contributed by atoms with E-state index >= 15 is 0 Å². The molecule has 1 heterocycles. The number of carbonyl (C=O) groups excluding carboxylic acids is 3. The molecule has 3 rings (SSSR count). The fourth-order valence-corrected chi connectivity index (χ4v) is 3.41. The molecule has 1 N–H and O–H groups in total. The first kappa shape index (κ1) is 19.6. The summed E-state index contributed by atoms with van der Waals surface area (Å²) in [5.74, 6) is -0.663. The van der Waals surface area contributed by atoms with E-state index in [0.29, 0.717) is 12.1 Å². The molecular weight excluding hydrogens is 356 g/mol. The van der Waals surface area contributed by atoms with Crippen LogP contribution in [-0.2, 0) is 20.7 Å². The summed E-state index contributed by atoms with van der Waals surface area (Å²) in [6.07, 6.45) is 0.772. The van der Waals surface area contributed by atoms with Crippen molar-refractivity contribution < 1.29 is 19.1 Å². The van der Waals surface area contributed by atoms with Gasteiger partial charge in [-0.1, -0.05) is 29.8 Å². The summed E-state index contributed by atoms with van der Waals surface area (Å²) in [6, 6.07) is 12.5. The molecule has 6 nitrogen and oxygen atoms in total. The van der Waals surface area contributed by atoms with Crippen LogP contribution in [0.2, 0.25) is 0 Å². The van der Waals surface area contributed by atoms with Crippen LogP contribution in [-0.4, -0.2) is 31.4 Å². The second-order valence-electron chi connectivity index (χ2n) is 6.98. The lowest BCUT2D eigenvalue weighted by Gasteiger charge is -2.19. The fraction of sp³-hybridized carbons (Fsp3) is 0.318. The number of rotatable bonds is 5. The summed E-state index contributed by atoms with van der Waals surface area (Å²) in [6.45, 7) is 4.14. The number of aryl methyl sites for hydroxylation is 1. The lowest BCUT2D eigenvalue weighted by atomic mass is 10.0. The van der Waals surface area contributed by atoms with E-state index in [1.165, 1.54) is 14.0 Å². The Labute approximate surface area is 164 Å². The topological polar surface area (TPSA) is 75.7 Å². The fourth-order valence-electron chi connectivity index (χ4n) is 3.41. The highest BCUT2D eigenvalue weighted by atomic mass is 16.5. The van der Waals surface area contributed by atoms with Crippen LogP contribution in [0.4, 0.5) is 5.69 Å². The van der Waals surface area contributed by atoms with Crippen molar-refractivity contribution in [1.82, 2.24) is 5.32 Å².